The molecule has 3 fully saturated rings. The summed E-state index contributed by atoms with van der Waals surface area (Å²) in [6.07, 6.45) is 7.18. The lowest BCUT2D eigenvalue weighted by Gasteiger charge is -2.39. The van der Waals surface area contributed by atoms with Crippen molar-refractivity contribution in [2.24, 2.45) is 28.8 Å². The first-order valence-electron chi connectivity index (χ1n) is 8.83. The minimum absolute atomic E-state index is 0.222. The topological polar surface area (TPSA) is 67.2 Å². The Labute approximate surface area is 137 Å². The number of anilines is 1. The zero-order valence-electron chi connectivity index (χ0n) is 13.9. The van der Waals surface area contributed by atoms with Crippen molar-refractivity contribution in [3.8, 4) is 0 Å². The van der Waals surface area contributed by atoms with E-state index < -0.39 is 0 Å². The molecule has 1 aromatic rings. The van der Waals surface area contributed by atoms with Crippen LogP contribution in [0.3, 0.4) is 0 Å². The van der Waals surface area contributed by atoms with Crippen molar-refractivity contribution in [3.63, 3.8) is 0 Å². The van der Waals surface area contributed by atoms with Crippen molar-refractivity contribution in [2.75, 3.05) is 5.43 Å². The number of carbonyl (C=O) groups is 1. The van der Waals surface area contributed by atoms with E-state index in [-0.39, 0.29) is 11.7 Å². The number of aryl methyl sites for hydroxylation is 2. The molecule has 0 aromatic carbocycles. The number of aromatic nitrogens is 2. The quantitative estimate of drug-likeness (QED) is 0.851. The number of hydrogen-bond acceptors (Lipinski definition) is 5. The van der Waals surface area contributed by atoms with Gasteiger partial charge in [0.1, 0.15) is 5.71 Å². The van der Waals surface area contributed by atoms with Gasteiger partial charge in [-0.05, 0) is 44.6 Å². The van der Waals surface area contributed by atoms with Crippen LogP contribution < -0.4 is 5.43 Å². The number of nitrogens with one attached hydrogen (secondary N) is 1. The van der Waals surface area contributed by atoms with Crippen molar-refractivity contribution in [2.45, 2.75) is 52.4 Å². The summed E-state index contributed by atoms with van der Waals surface area (Å²) in [6, 6.07) is 1.93. The molecule has 4 atom stereocenters. The molecule has 0 saturated heterocycles. The summed E-state index contributed by atoms with van der Waals surface area (Å²) in [5, 5.41) is 4.49. The van der Waals surface area contributed by atoms with Crippen LogP contribution in [0.5, 0.6) is 0 Å². The number of carbonyl (C=O) groups excluding carboxylic acids is 1. The minimum Gasteiger partial charge on any atom is -0.292 e. The van der Waals surface area contributed by atoms with Crippen molar-refractivity contribution >= 4 is 17.4 Å². The van der Waals surface area contributed by atoms with E-state index in [0.29, 0.717) is 17.8 Å². The number of rotatable bonds is 2. The molecule has 0 bridgehead atoms. The maximum Gasteiger partial charge on any atom is 0.243 e. The fourth-order valence-electron chi connectivity index (χ4n) is 5.07. The second kappa shape index (κ2) is 5.69. The predicted molar refractivity (Wildman–Crippen MR) is 89.2 cm³/mol. The number of nitrogens with zero attached hydrogens (tertiary/aromatic N) is 3. The van der Waals surface area contributed by atoms with Gasteiger partial charge >= 0.3 is 0 Å². The Balaban J connectivity index is 1.61. The first-order chi connectivity index (χ1) is 11.1. The number of hydrazone groups is 1. The standard InChI is InChI=1S/C18H24N4O/c1-10-9-11(2)20-18(19-10)22-21-16-13-7-3-5-12-6-4-8-14(15(12)13)17(16)23/h9,12-15H,3-8H2,1-2H3,(H,19,20,22)/b21-16-. The maximum absolute atomic E-state index is 12.8. The third-order valence-electron chi connectivity index (χ3n) is 5.85. The molecule has 1 N–H and O–H groups in total. The molecule has 1 aromatic heterocycles. The molecular formula is C18H24N4O. The van der Waals surface area contributed by atoms with Crippen molar-refractivity contribution < 1.29 is 4.79 Å². The highest BCUT2D eigenvalue weighted by atomic mass is 16.1. The molecule has 5 heteroatoms. The fourth-order valence-corrected chi connectivity index (χ4v) is 5.07. The molecule has 122 valence electrons. The predicted octanol–water partition coefficient (Wildman–Crippen LogP) is 3.28. The van der Waals surface area contributed by atoms with Gasteiger partial charge in [-0.15, -0.1) is 0 Å². The Morgan fingerprint density at radius 2 is 1.70 bits per heavy atom. The monoisotopic (exact) mass is 312 g/mol. The van der Waals surface area contributed by atoms with Crippen LogP contribution in [0.25, 0.3) is 0 Å². The lowest BCUT2D eigenvalue weighted by Crippen LogP contribution is -2.33. The number of Topliss-reactive ketones (excluding diaryl/α,β-unsaturated/α-hetero) is 1. The van der Waals surface area contributed by atoms with E-state index in [1.807, 2.05) is 19.9 Å². The van der Waals surface area contributed by atoms with Crippen LogP contribution in [0.1, 0.15) is 49.9 Å². The van der Waals surface area contributed by atoms with Gasteiger partial charge in [0.15, 0.2) is 5.78 Å². The number of ketones is 1. The molecule has 0 aliphatic heterocycles. The molecule has 0 amide bonds. The molecule has 23 heavy (non-hydrogen) atoms. The van der Waals surface area contributed by atoms with Gasteiger partial charge in [0, 0.05) is 23.2 Å². The first kappa shape index (κ1) is 14.8. The van der Waals surface area contributed by atoms with Gasteiger partial charge in [-0.3, -0.25) is 4.79 Å². The molecule has 0 radical (unpaired) electrons. The van der Waals surface area contributed by atoms with Crippen LogP contribution in [-0.2, 0) is 4.79 Å². The van der Waals surface area contributed by atoms with E-state index in [9.17, 15) is 4.79 Å². The van der Waals surface area contributed by atoms with E-state index in [1.165, 1.54) is 25.7 Å². The van der Waals surface area contributed by atoms with Crippen molar-refractivity contribution in [1.29, 1.82) is 0 Å². The van der Waals surface area contributed by atoms with E-state index in [1.54, 1.807) is 0 Å². The van der Waals surface area contributed by atoms with E-state index >= 15 is 0 Å². The largest absolute Gasteiger partial charge is 0.292 e. The Bertz CT molecular complexity index is 647. The maximum atomic E-state index is 12.8. The molecule has 0 spiro atoms. The van der Waals surface area contributed by atoms with Crippen LogP contribution >= 0.6 is 0 Å². The zero-order chi connectivity index (χ0) is 16.0. The van der Waals surface area contributed by atoms with E-state index in [2.05, 4.69) is 20.5 Å². The van der Waals surface area contributed by atoms with Gasteiger partial charge in [-0.1, -0.05) is 25.7 Å². The van der Waals surface area contributed by atoms with Gasteiger partial charge in [-0.2, -0.15) is 5.10 Å². The van der Waals surface area contributed by atoms with Gasteiger partial charge < -0.3 is 0 Å². The van der Waals surface area contributed by atoms with Crippen molar-refractivity contribution in [1.82, 2.24) is 9.97 Å². The summed E-state index contributed by atoms with van der Waals surface area (Å²) in [6.45, 7) is 3.88. The summed E-state index contributed by atoms with van der Waals surface area (Å²) in [5.74, 6) is 2.63. The Morgan fingerprint density at radius 1 is 1.04 bits per heavy atom. The summed E-state index contributed by atoms with van der Waals surface area (Å²) >= 11 is 0. The molecular weight excluding hydrogens is 288 g/mol. The van der Waals surface area contributed by atoms with Gasteiger partial charge in [-0.25, -0.2) is 15.4 Å². The molecule has 3 saturated carbocycles. The molecule has 5 nitrogen and oxygen atoms in total. The SMILES string of the molecule is Cc1cc(C)nc(N/N=C2\C(=O)C3CCCC4CCCC2C43)n1. The smallest absolute Gasteiger partial charge is 0.243 e. The molecule has 4 unspecified atom stereocenters. The van der Waals surface area contributed by atoms with Crippen LogP contribution in [0.4, 0.5) is 5.95 Å². The third-order valence-corrected chi connectivity index (χ3v) is 5.85. The molecule has 3 aliphatic carbocycles. The van der Waals surface area contributed by atoms with Gasteiger partial charge in [0.2, 0.25) is 5.95 Å². The Morgan fingerprint density at radius 3 is 2.39 bits per heavy atom. The highest BCUT2D eigenvalue weighted by molar-refractivity contribution is 6.43. The van der Waals surface area contributed by atoms with Crippen LogP contribution in [0.15, 0.2) is 11.2 Å². The molecule has 3 aliphatic rings. The summed E-state index contributed by atoms with van der Waals surface area (Å²) in [5.41, 5.74) is 5.53. The molecule has 1 heterocycles. The lowest BCUT2D eigenvalue weighted by atomic mass is 9.65. The highest BCUT2D eigenvalue weighted by Crippen LogP contribution is 2.52. The van der Waals surface area contributed by atoms with Gasteiger partial charge in [0.25, 0.3) is 0 Å². The fraction of sp³-hybridized carbons (Fsp3) is 0.667. The average molecular weight is 312 g/mol. The van der Waals surface area contributed by atoms with Gasteiger partial charge in [0.05, 0.1) is 0 Å². The minimum atomic E-state index is 0.222. The van der Waals surface area contributed by atoms with Crippen molar-refractivity contribution in [3.05, 3.63) is 17.5 Å². The Kier molecular flexibility index (Phi) is 3.66. The first-order valence-corrected chi connectivity index (χ1v) is 8.83. The average Bonchev–Trinajstić information content (AvgIpc) is 2.79. The third kappa shape index (κ3) is 2.56. The van der Waals surface area contributed by atoms with E-state index in [0.717, 1.165) is 35.9 Å². The Hall–Kier alpha value is -1.78. The van der Waals surface area contributed by atoms with E-state index in [4.69, 9.17) is 0 Å². The van der Waals surface area contributed by atoms with Crippen LogP contribution in [0.2, 0.25) is 0 Å². The lowest BCUT2D eigenvalue weighted by molar-refractivity contribution is -0.118. The zero-order valence-corrected chi connectivity index (χ0v) is 13.9. The van der Waals surface area contributed by atoms with Crippen LogP contribution in [0, 0.1) is 37.5 Å². The molecule has 4 rings (SSSR count). The van der Waals surface area contributed by atoms with Crippen LogP contribution in [-0.4, -0.2) is 21.5 Å². The summed E-state index contributed by atoms with van der Waals surface area (Å²) in [7, 11) is 0. The summed E-state index contributed by atoms with van der Waals surface area (Å²) < 4.78 is 0. The second-order valence-electron chi connectivity index (χ2n) is 7.36. The summed E-state index contributed by atoms with van der Waals surface area (Å²) in [4.78, 5) is 21.5. The number of hydrogen-bond donors (Lipinski definition) is 1. The second-order valence-corrected chi connectivity index (χ2v) is 7.36. The highest BCUT2D eigenvalue weighted by Gasteiger charge is 2.53. The normalized spacial score (nSPS) is 34.5.